The first-order valence-electron chi connectivity index (χ1n) is 11.7. The van der Waals surface area contributed by atoms with Crippen molar-refractivity contribution < 1.29 is 19.4 Å². The smallest absolute Gasteiger partial charge is 0.341 e. The first-order valence-corrected chi connectivity index (χ1v) is 12.5. The van der Waals surface area contributed by atoms with E-state index in [0.29, 0.717) is 18.2 Å². The second-order valence-corrected chi connectivity index (χ2v) is 9.26. The molecule has 8 heteroatoms. The van der Waals surface area contributed by atoms with Crippen LogP contribution in [0.3, 0.4) is 0 Å². The zero-order valence-corrected chi connectivity index (χ0v) is 20.2. The Morgan fingerprint density at radius 2 is 1.91 bits per heavy atom. The molecule has 0 spiro atoms. The van der Waals surface area contributed by atoms with Gasteiger partial charge in [-0.2, -0.15) is 0 Å². The Labute approximate surface area is 209 Å². The Morgan fingerprint density at radius 3 is 2.69 bits per heavy atom. The maximum atomic E-state index is 12.6. The van der Waals surface area contributed by atoms with Crippen LogP contribution < -0.4 is 14.8 Å². The summed E-state index contributed by atoms with van der Waals surface area (Å²) >= 11 is 1.05. The number of hydrogen-bond donors (Lipinski definition) is 3. The molecule has 2 unspecified atom stereocenters. The fourth-order valence-corrected chi connectivity index (χ4v) is 5.18. The van der Waals surface area contributed by atoms with Gasteiger partial charge in [-0.05, 0) is 66.0 Å². The fourth-order valence-electron chi connectivity index (χ4n) is 4.51. The van der Waals surface area contributed by atoms with Crippen LogP contribution in [0.5, 0.6) is 5.75 Å². The number of fused-ring (bicyclic) bond motifs is 1. The lowest BCUT2D eigenvalue weighted by atomic mass is 9.80. The van der Waals surface area contributed by atoms with E-state index < -0.39 is 5.97 Å². The highest BCUT2D eigenvalue weighted by molar-refractivity contribution is 8.11. The molecule has 0 aliphatic heterocycles. The van der Waals surface area contributed by atoms with E-state index in [9.17, 15) is 9.59 Å². The maximum Gasteiger partial charge on any atom is 0.341 e. The van der Waals surface area contributed by atoms with Gasteiger partial charge >= 0.3 is 5.97 Å². The summed E-state index contributed by atoms with van der Waals surface area (Å²) in [6, 6.07) is 19.5. The molecule has 0 bridgehead atoms. The average Bonchev–Trinajstić information content (AvgIpc) is 2.89. The third-order valence-corrected chi connectivity index (χ3v) is 6.81. The second-order valence-electron chi connectivity index (χ2n) is 8.45. The van der Waals surface area contributed by atoms with Crippen molar-refractivity contribution in [2.75, 3.05) is 13.2 Å². The van der Waals surface area contributed by atoms with E-state index in [2.05, 4.69) is 21.1 Å². The lowest BCUT2D eigenvalue weighted by Gasteiger charge is -2.27. The van der Waals surface area contributed by atoms with E-state index in [1.807, 2.05) is 54.6 Å². The highest BCUT2D eigenvalue weighted by Crippen LogP contribution is 2.38. The highest BCUT2D eigenvalue weighted by atomic mass is 32.2. The predicted octanol–water partition coefficient (Wildman–Crippen LogP) is 5.09. The number of aromatic nitrogens is 1. The molecule has 4 rings (SSSR count). The van der Waals surface area contributed by atoms with Crippen LogP contribution in [-0.4, -0.2) is 34.5 Å². The average molecular weight is 492 g/mol. The van der Waals surface area contributed by atoms with Crippen molar-refractivity contribution in [1.29, 1.82) is 0 Å². The summed E-state index contributed by atoms with van der Waals surface area (Å²) in [7, 11) is 0. The van der Waals surface area contributed by atoms with Crippen molar-refractivity contribution in [3.05, 3.63) is 95.3 Å². The van der Waals surface area contributed by atoms with Gasteiger partial charge in [-0.15, -0.1) is 0 Å². The number of pyridine rings is 1. The van der Waals surface area contributed by atoms with Gasteiger partial charge in [0, 0.05) is 30.9 Å². The van der Waals surface area contributed by atoms with Crippen molar-refractivity contribution >= 4 is 23.2 Å². The van der Waals surface area contributed by atoms with E-state index in [0.717, 1.165) is 54.3 Å². The van der Waals surface area contributed by atoms with Gasteiger partial charge < -0.3 is 15.2 Å². The van der Waals surface area contributed by atoms with Crippen LogP contribution in [0.15, 0.2) is 73.1 Å². The number of rotatable bonds is 10. The van der Waals surface area contributed by atoms with Gasteiger partial charge in [0.15, 0.2) is 6.61 Å². The summed E-state index contributed by atoms with van der Waals surface area (Å²) in [5, 5.41) is 11.8. The molecule has 7 nitrogen and oxygen atoms in total. The summed E-state index contributed by atoms with van der Waals surface area (Å²) in [5.41, 5.74) is 4.33. The van der Waals surface area contributed by atoms with Crippen LogP contribution in [-0.2, 0) is 11.2 Å². The van der Waals surface area contributed by atoms with Crippen LogP contribution in [0.25, 0.3) is 0 Å². The Kier molecular flexibility index (Phi) is 8.75. The molecule has 0 fully saturated rings. The third-order valence-electron chi connectivity index (χ3n) is 6.12. The quantitative estimate of drug-likeness (QED) is 0.340. The molecular formula is C27H29N3O4S. The van der Waals surface area contributed by atoms with Gasteiger partial charge in [0.05, 0.1) is 6.04 Å². The van der Waals surface area contributed by atoms with Crippen LogP contribution in [0.2, 0.25) is 0 Å². The summed E-state index contributed by atoms with van der Waals surface area (Å²) in [6.07, 6.45) is 7.27. The SMILES string of the molecule is O=C(O)COc1cccc2c1CCCC2CCNC(=O)SNC(c1ccccc1)c1cccnc1. The van der Waals surface area contributed by atoms with Crippen LogP contribution in [0.1, 0.15) is 53.5 Å². The minimum Gasteiger partial charge on any atom is -0.482 e. The molecule has 0 saturated carbocycles. The number of carbonyl (C=O) groups is 2. The molecule has 1 aromatic heterocycles. The summed E-state index contributed by atoms with van der Waals surface area (Å²) in [5.74, 6) is -0.0274. The topological polar surface area (TPSA) is 101 Å². The first kappa shape index (κ1) is 24.8. The van der Waals surface area contributed by atoms with Gasteiger partial charge in [-0.1, -0.05) is 48.5 Å². The molecule has 2 atom stereocenters. The Bertz CT molecular complexity index is 1090. The molecule has 1 aliphatic carbocycles. The zero-order chi connectivity index (χ0) is 24.5. The van der Waals surface area contributed by atoms with Crippen molar-refractivity contribution in [3.8, 4) is 5.75 Å². The van der Waals surface area contributed by atoms with Gasteiger partial charge in [0.1, 0.15) is 5.75 Å². The number of carboxylic acids is 1. The zero-order valence-electron chi connectivity index (χ0n) is 19.4. The fraction of sp³-hybridized carbons (Fsp3) is 0.296. The molecule has 35 heavy (non-hydrogen) atoms. The molecule has 1 heterocycles. The van der Waals surface area contributed by atoms with E-state index in [-0.39, 0.29) is 17.9 Å². The summed E-state index contributed by atoms with van der Waals surface area (Å²) in [6.45, 7) is 0.213. The third kappa shape index (κ3) is 6.83. The van der Waals surface area contributed by atoms with Crippen molar-refractivity contribution in [2.45, 2.75) is 37.6 Å². The second kappa shape index (κ2) is 12.4. The minimum atomic E-state index is -0.984. The molecule has 3 N–H and O–H groups in total. The molecular weight excluding hydrogens is 462 g/mol. The normalized spacial score (nSPS) is 15.6. The Morgan fingerprint density at radius 1 is 1.09 bits per heavy atom. The van der Waals surface area contributed by atoms with Crippen LogP contribution in [0.4, 0.5) is 4.79 Å². The molecule has 1 amide bonds. The van der Waals surface area contributed by atoms with Gasteiger partial charge in [0.2, 0.25) is 0 Å². The number of aliphatic carboxylic acids is 1. The molecule has 0 saturated heterocycles. The lowest BCUT2D eigenvalue weighted by Crippen LogP contribution is -2.27. The number of nitrogens with zero attached hydrogens (tertiary/aromatic N) is 1. The van der Waals surface area contributed by atoms with Gasteiger partial charge in [0.25, 0.3) is 5.24 Å². The van der Waals surface area contributed by atoms with Crippen molar-refractivity contribution in [2.24, 2.45) is 0 Å². The number of amides is 1. The molecule has 2 aromatic carbocycles. The van der Waals surface area contributed by atoms with E-state index in [1.54, 1.807) is 12.4 Å². The summed E-state index contributed by atoms with van der Waals surface area (Å²) < 4.78 is 8.79. The highest BCUT2D eigenvalue weighted by Gasteiger charge is 2.23. The predicted molar refractivity (Wildman–Crippen MR) is 137 cm³/mol. The first-order chi connectivity index (χ1) is 17.1. The number of hydrogen-bond acceptors (Lipinski definition) is 6. The van der Waals surface area contributed by atoms with Crippen LogP contribution >= 0.6 is 11.9 Å². The number of nitrogens with one attached hydrogen (secondary N) is 2. The lowest BCUT2D eigenvalue weighted by molar-refractivity contribution is -0.139. The maximum absolute atomic E-state index is 12.6. The Balaban J connectivity index is 1.31. The number of benzene rings is 2. The summed E-state index contributed by atoms with van der Waals surface area (Å²) in [4.78, 5) is 27.7. The number of ether oxygens (including phenoxy) is 1. The van der Waals surface area contributed by atoms with E-state index in [4.69, 9.17) is 9.84 Å². The Hall–Kier alpha value is -3.36. The molecule has 1 aliphatic rings. The molecule has 0 radical (unpaired) electrons. The van der Waals surface area contributed by atoms with E-state index in [1.165, 1.54) is 5.56 Å². The van der Waals surface area contributed by atoms with E-state index >= 15 is 0 Å². The standard InChI is InChI=1S/C27H29N3O4S/c31-25(32)18-34-24-13-5-11-22-19(9-4-12-23(22)24)14-16-29-27(33)35-30-26(20-7-2-1-3-8-20)21-10-6-15-28-17-21/h1-3,5-8,10-11,13,15,17,19,26,30H,4,9,12,14,16,18H2,(H,29,33)(H,31,32). The van der Waals surface area contributed by atoms with Crippen molar-refractivity contribution in [1.82, 2.24) is 15.0 Å². The molecule has 3 aromatic rings. The monoisotopic (exact) mass is 491 g/mol. The van der Waals surface area contributed by atoms with Crippen LogP contribution in [0, 0.1) is 0 Å². The van der Waals surface area contributed by atoms with Gasteiger partial charge in [-0.3, -0.25) is 9.78 Å². The molecule has 182 valence electrons. The number of carbonyl (C=O) groups excluding carboxylic acids is 1. The van der Waals surface area contributed by atoms with Gasteiger partial charge in [-0.25, -0.2) is 9.52 Å². The minimum absolute atomic E-state index is 0.135. The van der Waals surface area contributed by atoms with Crippen molar-refractivity contribution in [3.63, 3.8) is 0 Å². The largest absolute Gasteiger partial charge is 0.482 e. The number of carboxylic acid groups (broad SMARTS) is 1.